The van der Waals surface area contributed by atoms with Crippen LogP contribution in [0.4, 0.5) is 11.4 Å². The van der Waals surface area contributed by atoms with E-state index in [-0.39, 0.29) is 18.3 Å². The van der Waals surface area contributed by atoms with Gasteiger partial charge in [0.05, 0.1) is 10.7 Å². The molecule has 0 bridgehead atoms. The van der Waals surface area contributed by atoms with E-state index >= 15 is 0 Å². The molecule has 7 nitrogen and oxygen atoms in total. The van der Waals surface area contributed by atoms with Crippen molar-refractivity contribution in [3.63, 3.8) is 0 Å². The summed E-state index contributed by atoms with van der Waals surface area (Å²) < 4.78 is 1.27. The van der Waals surface area contributed by atoms with Crippen molar-refractivity contribution in [1.29, 1.82) is 5.26 Å². The summed E-state index contributed by atoms with van der Waals surface area (Å²) in [6.07, 6.45) is 1.31. The Hall–Kier alpha value is -2.59. The van der Waals surface area contributed by atoms with Gasteiger partial charge in [0.1, 0.15) is 18.9 Å². The number of nitrogens with two attached hydrogens (primary N) is 1. The maximum absolute atomic E-state index is 11.7. The van der Waals surface area contributed by atoms with Gasteiger partial charge in [0.15, 0.2) is 0 Å². The second-order valence-electron chi connectivity index (χ2n) is 3.66. The molecule has 1 aromatic carbocycles. The molecule has 0 atom stereocenters. The predicted molar refractivity (Wildman–Crippen MR) is 69.2 cm³/mol. The van der Waals surface area contributed by atoms with Gasteiger partial charge in [0.2, 0.25) is 5.91 Å². The molecule has 1 amide bonds. The molecule has 96 valence electrons. The number of anilines is 2. The molecule has 0 unspecified atom stereocenters. The van der Waals surface area contributed by atoms with Gasteiger partial charge in [0.25, 0.3) is 5.82 Å². The summed E-state index contributed by atoms with van der Waals surface area (Å²) >= 11 is 5.77. The van der Waals surface area contributed by atoms with E-state index < -0.39 is 0 Å². The summed E-state index contributed by atoms with van der Waals surface area (Å²) in [6, 6.07) is 6.57. The monoisotopic (exact) mass is 276 g/mol. The maximum Gasteiger partial charge on any atom is 0.252 e. The number of amides is 1. The fourth-order valence-electron chi connectivity index (χ4n) is 1.39. The number of nitrogens with zero attached hydrogens (tertiary/aromatic N) is 4. The first kappa shape index (κ1) is 12.9. The maximum atomic E-state index is 11.7. The molecule has 19 heavy (non-hydrogen) atoms. The number of hydrogen-bond acceptors (Lipinski definition) is 5. The van der Waals surface area contributed by atoms with Gasteiger partial charge in [-0.05, 0) is 18.2 Å². The number of nitrogen functional groups attached to an aromatic ring is 1. The number of carbonyl (C=O) groups excluding carboxylic acids is 1. The number of aromatic nitrogens is 3. The normalized spacial score (nSPS) is 9.89. The highest BCUT2D eigenvalue weighted by atomic mass is 35.5. The molecule has 0 radical (unpaired) electrons. The van der Waals surface area contributed by atoms with Crippen molar-refractivity contribution < 1.29 is 4.79 Å². The molecule has 0 spiro atoms. The van der Waals surface area contributed by atoms with E-state index in [4.69, 9.17) is 22.6 Å². The van der Waals surface area contributed by atoms with E-state index in [0.29, 0.717) is 16.4 Å². The van der Waals surface area contributed by atoms with Gasteiger partial charge in [-0.25, -0.2) is 9.67 Å². The fraction of sp³-hybridized carbons (Fsp3) is 0.0909. The van der Waals surface area contributed by atoms with Gasteiger partial charge in [-0.2, -0.15) is 5.26 Å². The van der Waals surface area contributed by atoms with Crippen LogP contribution in [-0.4, -0.2) is 20.7 Å². The second-order valence-corrected chi connectivity index (χ2v) is 4.07. The highest BCUT2D eigenvalue weighted by Crippen LogP contribution is 2.22. The van der Waals surface area contributed by atoms with E-state index in [1.54, 1.807) is 24.3 Å². The highest BCUT2D eigenvalue weighted by Gasteiger charge is 2.07. The molecule has 8 heteroatoms. The van der Waals surface area contributed by atoms with Gasteiger partial charge >= 0.3 is 0 Å². The first-order valence-electron chi connectivity index (χ1n) is 5.23. The van der Waals surface area contributed by atoms with Crippen LogP contribution in [0.5, 0.6) is 0 Å². The van der Waals surface area contributed by atoms with Gasteiger partial charge in [0, 0.05) is 5.69 Å². The van der Waals surface area contributed by atoms with Crippen molar-refractivity contribution in [2.75, 3.05) is 11.1 Å². The van der Waals surface area contributed by atoms with Gasteiger partial charge < -0.3 is 11.1 Å². The Bertz CT molecular complexity index is 659. The summed E-state index contributed by atoms with van der Waals surface area (Å²) in [5, 5.41) is 15.4. The van der Waals surface area contributed by atoms with Crippen LogP contribution < -0.4 is 11.1 Å². The Balaban J connectivity index is 2.01. The Morgan fingerprint density at radius 3 is 3.00 bits per heavy atom. The minimum atomic E-state index is -0.309. The molecule has 2 rings (SSSR count). The summed E-state index contributed by atoms with van der Waals surface area (Å²) in [4.78, 5) is 15.4. The van der Waals surface area contributed by atoms with E-state index in [9.17, 15) is 4.79 Å². The lowest BCUT2D eigenvalue weighted by molar-refractivity contribution is -0.116. The lowest BCUT2D eigenvalue weighted by Crippen LogP contribution is -2.19. The zero-order valence-electron chi connectivity index (χ0n) is 9.67. The van der Waals surface area contributed by atoms with Crippen LogP contribution in [0.15, 0.2) is 24.5 Å². The molecule has 1 heterocycles. The lowest BCUT2D eigenvalue weighted by atomic mass is 10.3. The summed E-state index contributed by atoms with van der Waals surface area (Å²) in [7, 11) is 0. The molecular weight excluding hydrogens is 268 g/mol. The zero-order valence-corrected chi connectivity index (χ0v) is 10.4. The first-order valence-corrected chi connectivity index (χ1v) is 5.60. The number of benzene rings is 1. The zero-order chi connectivity index (χ0) is 13.8. The fourth-order valence-corrected chi connectivity index (χ4v) is 1.51. The van der Waals surface area contributed by atoms with Crippen molar-refractivity contribution in [2.24, 2.45) is 0 Å². The third-order valence-corrected chi connectivity index (χ3v) is 2.57. The molecule has 1 aromatic heterocycles. The molecular formula is C11H9ClN6O. The number of nitrogens with one attached hydrogen (secondary N) is 1. The van der Waals surface area contributed by atoms with Crippen molar-refractivity contribution in [2.45, 2.75) is 6.54 Å². The molecule has 3 N–H and O–H groups in total. The SMILES string of the molecule is N#Cc1ncn(CC(=O)Nc2ccc(Cl)c(N)c2)n1. The Morgan fingerprint density at radius 2 is 2.37 bits per heavy atom. The number of carbonyl (C=O) groups is 1. The molecule has 2 aromatic rings. The minimum absolute atomic E-state index is 0.0172. The van der Waals surface area contributed by atoms with Gasteiger partial charge in [-0.15, -0.1) is 5.10 Å². The molecule has 0 aliphatic rings. The molecule has 0 aliphatic carbocycles. The van der Waals surface area contributed by atoms with Crippen molar-refractivity contribution >= 4 is 28.9 Å². The molecule has 0 fully saturated rings. The third kappa shape index (κ3) is 3.20. The molecule has 0 aliphatic heterocycles. The summed E-state index contributed by atoms with van der Waals surface area (Å²) in [6.45, 7) is -0.0444. The standard InChI is InChI=1S/C11H9ClN6O/c12-8-2-1-7(3-9(8)14)16-11(19)5-18-6-15-10(4-13)17-18/h1-3,6H,5,14H2,(H,16,19). The number of nitriles is 1. The molecule has 0 saturated heterocycles. The Labute approximate surface area is 113 Å². The van der Waals surface area contributed by atoms with Crippen molar-refractivity contribution in [3.8, 4) is 6.07 Å². The Morgan fingerprint density at radius 1 is 1.58 bits per heavy atom. The van der Waals surface area contributed by atoms with Crippen molar-refractivity contribution in [3.05, 3.63) is 35.4 Å². The summed E-state index contributed by atoms with van der Waals surface area (Å²) in [5.74, 6) is -0.292. The van der Waals surface area contributed by atoms with Crippen LogP contribution in [0.3, 0.4) is 0 Å². The van der Waals surface area contributed by atoms with Crippen molar-refractivity contribution in [1.82, 2.24) is 14.8 Å². The topological polar surface area (TPSA) is 110 Å². The third-order valence-electron chi connectivity index (χ3n) is 2.22. The number of halogens is 1. The molecule has 0 saturated carbocycles. The smallest absolute Gasteiger partial charge is 0.252 e. The van der Waals surface area contributed by atoms with Crippen LogP contribution in [0.25, 0.3) is 0 Å². The van der Waals surface area contributed by atoms with Crippen LogP contribution in [0.1, 0.15) is 5.82 Å². The highest BCUT2D eigenvalue weighted by molar-refractivity contribution is 6.33. The van der Waals surface area contributed by atoms with E-state index in [0.717, 1.165) is 0 Å². The van der Waals surface area contributed by atoms with Gasteiger partial charge in [-0.1, -0.05) is 11.6 Å². The minimum Gasteiger partial charge on any atom is -0.397 e. The average Bonchev–Trinajstić information content (AvgIpc) is 2.81. The second kappa shape index (κ2) is 5.37. The quantitative estimate of drug-likeness (QED) is 0.814. The van der Waals surface area contributed by atoms with E-state index in [1.165, 1.54) is 11.0 Å². The van der Waals surface area contributed by atoms with Crippen LogP contribution >= 0.6 is 11.6 Å². The van der Waals surface area contributed by atoms with Gasteiger partial charge in [-0.3, -0.25) is 4.79 Å². The number of rotatable bonds is 3. The van der Waals surface area contributed by atoms with E-state index in [1.807, 2.05) is 0 Å². The first-order chi connectivity index (χ1) is 9.08. The largest absolute Gasteiger partial charge is 0.397 e. The predicted octanol–water partition coefficient (Wildman–Crippen LogP) is 1.02. The average molecular weight is 277 g/mol. The van der Waals surface area contributed by atoms with Crippen LogP contribution in [0, 0.1) is 11.3 Å². The van der Waals surface area contributed by atoms with Crippen LogP contribution in [0.2, 0.25) is 5.02 Å². The summed E-state index contributed by atoms with van der Waals surface area (Å²) in [5.41, 5.74) is 6.54. The van der Waals surface area contributed by atoms with E-state index in [2.05, 4.69) is 15.4 Å². The van der Waals surface area contributed by atoms with Crippen LogP contribution in [-0.2, 0) is 11.3 Å². The lowest BCUT2D eigenvalue weighted by Gasteiger charge is -2.06. The Kier molecular flexibility index (Phi) is 3.63. The number of hydrogen-bond donors (Lipinski definition) is 2.